The summed E-state index contributed by atoms with van der Waals surface area (Å²) in [6.45, 7) is 7.61. The second-order valence-electron chi connectivity index (χ2n) is 9.11. The smallest absolute Gasteiger partial charge is 0.227 e. The molecule has 3 heterocycles. The Labute approximate surface area is 198 Å². The molecule has 5 rings (SSSR count). The zero-order valence-corrected chi connectivity index (χ0v) is 19.7. The number of amides is 1. The van der Waals surface area contributed by atoms with Crippen molar-refractivity contribution in [1.29, 1.82) is 0 Å². The van der Waals surface area contributed by atoms with Gasteiger partial charge >= 0.3 is 0 Å². The largest absolute Gasteiger partial charge is 0.356 e. The van der Waals surface area contributed by atoms with Gasteiger partial charge in [-0.05, 0) is 81.1 Å². The standard InChI is InChI=1S/C27H28FN5O/c1-17-4-9-23(14-18(17)2)30-27(34)21-10-12-32(13-11-21)26-15-19(3)29-25-16-24(31-33(25)26)20-5-7-22(28)8-6-20/h4-9,14-16,21H,10-13H2,1-3H3,(H,30,34). The van der Waals surface area contributed by atoms with Gasteiger partial charge in [0.15, 0.2) is 5.65 Å². The highest BCUT2D eigenvalue weighted by molar-refractivity contribution is 5.92. The molecule has 1 fully saturated rings. The highest BCUT2D eigenvalue weighted by atomic mass is 19.1. The normalized spacial score (nSPS) is 14.5. The highest BCUT2D eigenvalue weighted by Gasteiger charge is 2.27. The number of piperidine rings is 1. The number of carbonyl (C=O) groups is 1. The topological polar surface area (TPSA) is 62.5 Å². The van der Waals surface area contributed by atoms with E-state index in [1.165, 1.54) is 23.3 Å². The lowest BCUT2D eigenvalue weighted by molar-refractivity contribution is -0.120. The minimum absolute atomic E-state index is 0.0244. The lowest BCUT2D eigenvalue weighted by Crippen LogP contribution is -2.39. The number of hydrogen-bond donors (Lipinski definition) is 1. The molecule has 2 aromatic carbocycles. The van der Waals surface area contributed by atoms with Crippen molar-refractivity contribution >= 4 is 23.1 Å². The maximum atomic E-state index is 13.3. The van der Waals surface area contributed by atoms with Crippen LogP contribution in [0.1, 0.15) is 29.7 Å². The quantitative estimate of drug-likeness (QED) is 0.451. The van der Waals surface area contributed by atoms with Gasteiger partial charge in [0.25, 0.3) is 0 Å². The van der Waals surface area contributed by atoms with Crippen LogP contribution >= 0.6 is 0 Å². The van der Waals surface area contributed by atoms with Crippen LogP contribution in [0.25, 0.3) is 16.9 Å². The SMILES string of the molecule is Cc1cc(N2CCC(C(=O)Nc3ccc(C)c(C)c3)CC2)n2nc(-c3ccc(F)cc3)cc2n1. The van der Waals surface area contributed by atoms with E-state index < -0.39 is 0 Å². The lowest BCUT2D eigenvalue weighted by Gasteiger charge is -2.33. The number of halogens is 1. The molecule has 0 spiro atoms. The molecule has 174 valence electrons. The molecule has 0 unspecified atom stereocenters. The molecular weight excluding hydrogens is 429 g/mol. The summed E-state index contributed by atoms with van der Waals surface area (Å²) in [5.41, 5.74) is 6.49. The molecule has 0 saturated carbocycles. The molecule has 1 aliphatic rings. The molecule has 2 aromatic heterocycles. The van der Waals surface area contributed by atoms with Crippen LogP contribution in [0.3, 0.4) is 0 Å². The van der Waals surface area contributed by atoms with Gasteiger partial charge in [0.1, 0.15) is 11.6 Å². The van der Waals surface area contributed by atoms with Gasteiger partial charge in [-0.3, -0.25) is 4.79 Å². The predicted molar refractivity (Wildman–Crippen MR) is 133 cm³/mol. The van der Waals surface area contributed by atoms with E-state index >= 15 is 0 Å². The molecule has 1 N–H and O–H groups in total. The first-order chi connectivity index (χ1) is 16.4. The van der Waals surface area contributed by atoms with E-state index in [-0.39, 0.29) is 17.6 Å². The van der Waals surface area contributed by atoms with Crippen molar-refractivity contribution < 1.29 is 9.18 Å². The number of rotatable bonds is 4. The Morgan fingerprint density at radius 1 is 0.971 bits per heavy atom. The number of nitrogens with one attached hydrogen (secondary N) is 1. The first-order valence-corrected chi connectivity index (χ1v) is 11.6. The van der Waals surface area contributed by atoms with Gasteiger partial charge < -0.3 is 10.2 Å². The maximum Gasteiger partial charge on any atom is 0.227 e. The Morgan fingerprint density at radius 2 is 1.71 bits per heavy atom. The number of aromatic nitrogens is 3. The summed E-state index contributed by atoms with van der Waals surface area (Å²) in [5, 5.41) is 7.85. The summed E-state index contributed by atoms with van der Waals surface area (Å²) in [7, 11) is 0. The summed E-state index contributed by atoms with van der Waals surface area (Å²) < 4.78 is 15.2. The van der Waals surface area contributed by atoms with Crippen LogP contribution in [0.4, 0.5) is 15.9 Å². The van der Waals surface area contributed by atoms with E-state index in [0.717, 1.165) is 60.0 Å². The summed E-state index contributed by atoms with van der Waals surface area (Å²) in [6, 6.07) is 16.3. The zero-order chi connectivity index (χ0) is 23.8. The Kier molecular flexibility index (Phi) is 5.77. The maximum absolute atomic E-state index is 13.3. The lowest BCUT2D eigenvalue weighted by atomic mass is 9.95. The van der Waals surface area contributed by atoms with Gasteiger partial charge in [-0.25, -0.2) is 9.37 Å². The molecule has 0 bridgehead atoms. The molecule has 0 aliphatic carbocycles. The van der Waals surface area contributed by atoms with Crippen molar-refractivity contribution in [2.45, 2.75) is 33.6 Å². The second kappa shape index (κ2) is 8.89. The molecule has 0 radical (unpaired) electrons. The molecular formula is C27H28FN5O. The Bertz CT molecular complexity index is 1350. The van der Waals surface area contributed by atoms with Crippen LogP contribution in [0.15, 0.2) is 54.6 Å². The van der Waals surface area contributed by atoms with Gasteiger partial charge in [-0.15, -0.1) is 0 Å². The van der Waals surface area contributed by atoms with Crippen LogP contribution in [0.5, 0.6) is 0 Å². The molecule has 4 aromatic rings. The molecule has 6 nitrogen and oxygen atoms in total. The summed E-state index contributed by atoms with van der Waals surface area (Å²) in [6.07, 6.45) is 1.54. The van der Waals surface area contributed by atoms with Crippen LogP contribution in [0, 0.1) is 32.5 Å². The minimum atomic E-state index is -0.272. The molecule has 0 atom stereocenters. The number of anilines is 2. The monoisotopic (exact) mass is 457 g/mol. The molecule has 7 heteroatoms. The van der Waals surface area contributed by atoms with Gasteiger partial charge in [0.2, 0.25) is 5.91 Å². The summed E-state index contributed by atoms with van der Waals surface area (Å²) in [4.78, 5) is 19.8. The summed E-state index contributed by atoms with van der Waals surface area (Å²) in [5.74, 6) is 0.746. The average molecular weight is 458 g/mol. The number of hydrogen-bond acceptors (Lipinski definition) is 4. The zero-order valence-electron chi connectivity index (χ0n) is 19.7. The molecule has 34 heavy (non-hydrogen) atoms. The minimum Gasteiger partial charge on any atom is -0.356 e. The number of carbonyl (C=O) groups excluding carboxylic acids is 1. The third-order valence-electron chi connectivity index (χ3n) is 6.64. The Morgan fingerprint density at radius 3 is 2.41 bits per heavy atom. The van der Waals surface area contributed by atoms with E-state index in [0.29, 0.717) is 0 Å². The van der Waals surface area contributed by atoms with E-state index in [9.17, 15) is 9.18 Å². The average Bonchev–Trinajstić information content (AvgIpc) is 3.25. The van der Waals surface area contributed by atoms with Crippen LogP contribution < -0.4 is 10.2 Å². The van der Waals surface area contributed by atoms with Crippen molar-refractivity contribution in [2.24, 2.45) is 5.92 Å². The fourth-order valence-electron chi connectivity index (χ4n) is 4.50. The van der Waals surface area contributed by atoms with Crippen molar-refractivity contribution in [3.63, 3.8) is 0 Å². The van der Waals surface area contributed by atoms with Crippen LogP contribution in [0.2, 0.25) is 0 Å². The number of fused-ring (bicyclic) bond motifs is 1. The van der Waals surface area contributed by atoms with Crippen LogP contribution in [-0.4, -0.2) is 33.6 Å². The van der Waals surface area contributed by atoms with E-state index in [2.05, 4.69) is 29.0 Å². The number of nitrogens with zero attached hydrogens (tertiary/aromatic N) is 4. The van der Waals surface area contributed by atoms with Gasteiger partial charge in [-0.1, -0.05) is 6.07 Å². The van der Waals surface area contributed by atoms with Crippen molar-refractivity contribution in [3.05, 3.63) is 77.2 Å². The number of aryl methyl sites for hydroxylation is 3. The van der Waals surface area contributed by atoms with Crippen LogP contribution in [-0.2, 0) is 4.79 Å². The fraction of sp³-hybridized carbons (Fsp3) is 0.296. The molecule has 1 aliphatic heterocycles. The van der Waals surface area contributed by atoms with Crippen molar-refractivity contribution in [3.8, 4) is 11.3 Å². The number of benzene rings is 2. The van der Waals surface area contributed by atoms with E-state index in [1.807, 2.05) is 41.8 Å². The van der Waals surface area contributed by atoms with Gasteiger partial charge in [0.05, 0.1) is 5.69 Å². The van der Waals surface area contributed by atoms with E-state index in [1.54, 1.807) is 12.1 Å². The fourth-order valence-corrected chi connectivity index (χ4v) is 4.50. The molecule has 1 saturated heterocycles. The van der Waals surface area contributed by atoms with E-state index in [4.69, 9.17) is 5.10 Å². The molecule has 1 amide bonds. The first-order valence-electron chi connectivity index (χ1n) is 11.6. The first kappa shape index (κ1) is 22.1. The Balaban J connectivity index is 1.32. The predicted octanol–water partition coefficient (Wildman–Crippen LogP) is 5.32. The van der Waals surface area contributed by atoms with Crippen molar-refractivity contribution in [2.75, 3.05) is 23.3 Å². The Hall–Kier alpha value is -3.74. The second-order valence-corrected chi connectivity index (χ2v) is 9.11. The van der Waals surface area contributed by atoms with Crippen molar-refractivity contribution in [1.82, 2.24) is 14.6 Å². The third-order valence-corrected chi connectivity index (χ3v) is 6.64. The third kappa shape index (κ3) is 4.38. The van der Waals surface area contributed by atoms with Gasteiger partial charge in [0, 0.05) is 48.1 Å². The summed E-state index contributed by atoms with van der Waals surface area (Å²) >= 11 is 0. The van der Waals surface area contributed by atoms with Gasteiger partial charge in [-0.2, -0.15) is 9.61 Å². The highest BCUT2D eigenvalue weighted by Crippen LogP contribution is 2.28.